The van der Waals surface area contributed by atoms with E-state index >= 15 is 0 Å². The Hall–Kier alpha value is -1.82. The topological polar surface area (TPSA) is 66.9 Å². The normalized spacial score (nSPS) is 12.1. The van der Waals surface area contributed by atoms with Gasteiger partial charge in [-0.25, -0.2) is 9.97 Å². The molecule has 0 aliphatic rings. The predicted molar refractivity (Wildman–Crippen MR) is 87.7 cm³/mol. The molecule has 1 amide bonds. The van der Waals surface area contributed by atoms with Gasteiger partial charge in [-0.05, 0) is 32.9 Å². The van der Waals surface area contributed by atoms with Crippen LogP contribution in [0.4, 0.5) is 5.82 Å². The quantitative estimate of drug-likeness (QED) is 0.634. The van der Waals surface area contributed by atoms with Crippen molar-refractivity contribution in [2.45, 2.75) is 31.2 Å². The minimum atomic E-state index is -0.222. The van der Waals surface area contributed by atoms with Crippen molar-refractivity contribution in [2.24, 2.45) is 0 Å². The number of nitrogens with zero attached hydrogens (tertiary/aromatic N) is 2. The minimum absolute atomic E-state index is 0.00394. The van der Waals surface area contributed by atoms with Gasteiger partial charge >= 0.3 is 0 Å². The molecule has 0 aliphatic carbocycles. The molecule has 0 saturated carbocycles. The summed E-state index contributed by atoms with van der Waals surface area (Å²) in [5.41, 5.74) is 0.883. The molecule has 1 heterocycles. The SMILES string of the molecule is CCNC(=O)[C@@H](C)Sc1nc(NCC)c2ccccc2n1. The highest BCUT2D eigenvalue weighted by Gasteiger charge is 2.16. The fraction of sp³-hybridized carbons (Fsp3) is 0.400. The number of carbonyl (C=O) groups excluding carboxylic acids is 1. The van der Waals surface area contributed by atoms with Gasteiger partial charge in [0.15, 0.2) is 5.16 Å². The molecule has 0 spiro atoms. The Bertz CT molecular complexity index is 632. The van der Waals surface area contributed by atoms with Crippen molar-refractivity contribution in [1.29, 1.82) is 0 Å². The molecule has 21 heavy (non-hydrogen) atoms. The molecule has 112 valence electrons. The summed E-state index contributed by atoms with van der Waals surface area (Å²) in [6, 6.07) is 7.87. The molecule has 2 N–H and O–H groups in total. The number of fused-ring (bicyclic) bond motifs is 1. The molecule has 0 aliphatic heterocycles. The van der Waals surface area contributed by atoms with Crippen LogP contribution < -0.4 is 10.6 Å². The molecule has 1 atom stereocenters. The van der Waals surface area contributed by atoms with Gasteiger partial charge < -0.3 is 10.6 Å². The first-order chi connectivity index (χ1) is 10.2. The third kappa shape index (κ3) is 3.85. The van der Waals surface area contributed by atoms with Gasteiger partial charge in [0, 0.05) is 18.5 Å². The van der Waals surface area contributed by atoms with Crippen molar-refractivity contribution >= 4 is 34.4 Å². The van der Waals surface area contributed by atoms with Crippen LogP contribution in [-0.2, 0) is 4.79 Å². The van der Waals surface area contributed by atoms with E-state index in [0.717, 1.165) is 23.3 Å². The van der Waals surface area contributed by atoms with E-state index in [4.69, 9.17) is 0 Å². The van der Waals surface area contributed by atoms with Crippen LogP contribution in [-0.4, -0.2) is 34.2 Å². The van der Waals surface area contributed by atoms with E-state index < -0.39 is 0 Å². The lowest BCUT2D eigenvalue weighted by molar-refractivity contribution is -0.120. The Morgan fingerprint density at radius 1 is 1.24 bits per heavy atom. The smallest absolute Gasteiger partial charge is 0.233 e. The predicted octanol–water partition coefficient (Wildman–Crippen LogP) is 2.68. The molecule has 5 nitrogen and oxygen atoms in total. The highest BCUT2D eigenvalue weighted by molar-refractivity contribution is 8.00. The Morgan fingerprint density at radius 2 is 2.00 bits per heavy atom. The molecule has 6 heteroatoms. The standard InChI is InChI=1S/C15H20N4OS/c1-4-16-13-11-8-6-7-9-12(11)18-15(19-13)21-10(3)14(20)17-5-2/h6-10H,4-5H2,1-3H3,(H,17,20)(H,16,18,19)/t10-/m1/s1. The molecule has 2 rings (SSSR count). The van der Waals surface area contributed by atoms with E-state index in [1.54, 1.807) is 0 Å². The van der Waals surface area contributed by atoms with Gasteiger partial charge in [0.05, 0.1) is 10.8 Å². The first-order valence-corrected chi connectivity index (χ1v) is 7.98. The monoisotopic (exact) mass is 304 g/mol. The van der Waals surface area contributed by atoms with E-state index in [9.17, 15) is 4.79 Å². The van der Waals surface area contributed by atoms with Crippen LogP contribution in [0.2, 0.25) is 0 Å². The van der Waals surface area contributed by atoms with E-state index in [1.807, 2.05) is 45.0 Å². The average Bonchev–Trinajstić information content (AvgIpc) is 2.48. The lowest BCUT2D eigenvalue weighted by atomic mass is 10.2. The van der Waals surface area contributed by atoms with Crippen LogP contribution in [0.1, 0.15) is 20.8 Å². The minimum Gasteiger partial charge on any atom is -0.370 e. The number of thioether (sulfide) groups is 1. The number of carbonyl (C=O) groups is 1. The number of hydrogen-bond donors (Lipinski definition) is 2. The van der Waals surface area contributed by atoms with Crippen molar-refractivity contribution < 1.29 is 4.79 Å². The summed E-state index contributed by atoms with van der Waals surface area (Å²) in [5, 5.41) is 7.45. The van der Waals surface area contributed by atoms with Gasteiger partial charge in [-0.3, -0.25) is 4.79 Å². The number of aromatic nitrogens is 2. The lowest BCUT2D eigenvalue weighted by Gasteiger charge is -2.12. The van der Waals surface area contributed by atoms with Crippen molar-refractivity contribution in [3.05, 3.63) is 24.3 Å². The van der Waals surface area contributed by atoms with Crippen LogP contribution in [0.5, 0.6) is 0 Å². The summed E-state index contributed by atoms with van der Waals surface area (Å²) in [7, 11) is 0. The second kappa shape index (κ2) is 7.26. The van der Waals surface area contributed by atoms with Crippen molar-refractivity contribution in [3.8, 4) is 0 Å². The summed E-state index contributed by atoms with van der Waals surface area (Å²) < 4.78 is 0. The Kier molecular flexibility index (Phi) is 5.38. The molecular formula is C15H20N4OS. The van der Waals surface area contributed by atoms with Gasteiger partial charge in [0.2, 0.25) is 5.91 Å². The zero-order chi connectivity index (χ0) is 15.2. The number of nitrogens with one attached hydrogen (secondary N) is 2. The second-order valence-electron chi connectivity index (χ2n) is 4.56. The zero-order valence-corrected chi connectivity index (χ0v) is 13.3. The molecule has 1 aromatic heterocycles. The molecule has 2 aromatic rings. The molecular weight excluding hydrogens is 284 g/mol. The number of hydrogen-bond acceptors (Lipinski definition) is 5. The van der Waals surface area contributed by atoms with Crippen molar-refractivity contribution in [3.63, 3.8) is 0 Å². The van der Waals surface area contributed by atoms with E-state index in [0.29, 0.717) is 11.7 Å². The van der Waals surface area contributed by atoms with Gasteiger partial charge in [0.1, 0.15) is 5.82 Å². The maximum atomic E-state index is 11.8. The second-order valence-corrected chi connectivity index (χ2v) is 5.86. The maximum absolute atomic E-state index is 11.8. The van der Waals surface area contributed by atoms with Crippen molar-refractivity contribution in [1.82, 2.24) is 15.3 Å². The van der Waals surface area contributed by atoms with Gasteiger partial charge in [0.25, 0.3) is 0 Å². The van der Waals surface area contributed by atoms with E-state index in [-0.39, 0.29) is 11.2 Å². The fourth-order valence-corrected chi connectivity index (χ4v) is 2.74. The number of benzene rings is 1. The van der Waals surface area contributed by atoms with Crippen molar-refractivity contribution in [2.75, 3.05) is 18.4 Å². The summed E-state index contributed by atoms with van der Waals surface area (Å²) in [5.74, 6) is 0.818. The van der Waals surface area contributed by atoms with Crippen LogP contribution in [0.25, 0.3) is 10.9 Å². The third-order valence-corrected chi connectivity index (χ3v) is 3.89. The Balaban J connectivity index is 2.29. The van der Waals surface area contributed by atoms with Crippen LogP contribution in [0, 0.1) is 0 Å². The van der Waals surface area contributed by atoms with Gasteiger partial charge in [-0.2, -0.15) is 0 Å². The highest BCUT2D eigenvalue weighted by atomic mass is 32.2. The third-order valence-electron chi connectivity index (χ3n) is 2.93. The Labute approximate surface area is 128 Å². The molecule has 0 unspecified atom stereocenters. The maximum Gasteiger partial charge on any atom is 0.233 e. The first-order valence-electron chi connectivity index (χ1n) is 7.10. The average molecular weight is 304 g/mol. The molecule has 0 fully saturated rings. The molecule has 0 radical (unpaired) electrons. The van der Waals surface area contributed by atoms with E-state index in [2.05, 4.69) is 20.6 Å². The molecule has 1 aromatic carbocycles. The summed E-state index contributed by atoms with van der Waals surface area (Å²) >= 11 is 1.37. The number of rotatable bonds is 6. The van der Waals surface area contributed by atoms with Crippen LogP contribution in [0.15, 0.2) is 29.4 Å². The lowest BCUT2D eigenvalue weighted by Crippen LogP contribution is -2.30. The van der Waals surface area contributed by atoms with Gasteiger partial charge in [-0.1, -0.05) is 23.9 Å². The van der Waals surface area contributed by atoms with Crippen LogP contribution in [0.3, 0.4) is 0 Å². The fourth-order valence-electron chi connectivity index (χ4n) is 1.94. The first kappa shape index (κ1) is 15.6. The van der Waals surface area contributed by atoms with Gasteiger partial charge in [-0.15, -0.1) is 0 Å². The number of amides is 1. The largest absolute Gasteiger partial charge is 0.370 e. The van der Waals surface area contributed by atoms with E-state index in [1.165, 1.54) is 11.8 Å². The summed E-state index contributed by atoms with van der Waals surface area (Å²) in [6.07, 6.45) is 0. The molecule has 0 bridgehead atoms. The molecule has 0 saturated heterocycles. The summed E-state index contributed by atoms with van der Waals surface area (Å²) in [6.45, 7) is 7.22. The number of para-hydroxylation sites is 1. The number of anilines is 1. The van der Waals surface area contributed by atoms with Crippen LogP contribution >= 0.6 is 11.8 Å². The zero-order valence-electron chi connectivity index (χ0n) is 12.5. The highest BCUT2D eigenvalue weighted by Crippen LogP contribution is 2.26. The Morgan fingerprint density at radius 3 is 2.71 bits per heavy atom. The summed E-state index contributed by atoms with van der Waals surface area (Å²) in [4.78, 5) is 20.9.